The molecular formula is C36H40FN3O4S. The summed E-state index contributed by atoms with van der Waals surface area (Å²) < 4.78 is 44.5. The second-order valence-electron chi connectivity index (χ2n) is 11.3. The average molecular weight is 630 g/mol. The van der Waals surface area contributed by atoms with Crippen LogP contribution in [0, 0.1) is 19.7 Å². The molecule has 4 aromatic carbocycles. The molecule has 0 radical (unpaired) electrons. The Morgan fingerprint density at radius 1 is 0.867 bits per heavy atom. The summed E-state index contributed by atoms with van der Waals surface area (Å²) in [5.41, 5.74) is 2.83. The van der Waals surface area contributed by atoms with Crippen molar-refractivity contribution in [3.63, 3.8) is 0 Å². The van der Waals surface area contributed by atoms with E-state index in [1.807, 2.05) is 57.2 Å². The molecule has 1 N–H and O–H groups in total. The number of carbonyl (C=O) groups is 2. The molecule has 0 saturated heterocycles. The molecule has 0 aliphatic rings. The van der Waals surface area contributed by atoms with Crippen LogP contribution in [0.15, 0.2) is 108 Å². The van der Waals surface area contributed by atoms with Crippen LogP contribution < -0.4 is 9.62 Å². The molecule has 236 valence electrons. The lowest BCUT2D eigenvalue weighted by atomic mass is 10.0. The maximum atomic E-state index is 15.1. The van der Waals surface area contributed by atoms with Gasteiger partial charge in [0.1, 0.15) is 18.4 Å². The van der Waals surface area contributed by atoms with Crippen molar-refractivity contribution in [2.75, 3.05) is 10.8 Å². The van der Waals surface area contributed by atoms with Gasteiger partial charge >= 0.3 is 0 Å². The standard InChI is InChI=1S/C36H40FN3O4S/c1-5-28(4)38-36(42)34(23-29-14-8-6-9-15-29)39(24-30-16-12-13-19-32(30)37)35(41)25-40(33-22-26(2)20-21-27(33)3)45(43,44)31-17-10-7-11-18-31/h6-22,28,34H,5,23-25H2,1-4H3,(H,38,42)/t28-,34+/m0/s1. The lowest BCUT2D eigenvalue weighted by Gasteiger charge is -2.34. The van der Waals surface area contributed by atoms with E-state index in [0.717, 1.165) is 15.4 Å². The molecule has 0 aliphatic carbocycles. The first-order chi connectivity index (χ1) is 21.5. The zero-order chi connectivity index (χ0) is 32.6. The van der Waals surface area contributed by atoms with E-state index in [2.05, 4.69) is 5.32 Å². The maximum Gasteiger partial charge on any atom is 0.264 e. The van der Waals surface area contributed by atoms with Gasteiger partial charge in [-0.15, -0.1) is 0 Å². The third kappa shape index (κ3) is 8.36. The molecule has 0 saturated carbocycles. The van der Waals surface area contributed by atoms with Crippen LogP contribution in [-0.2, 0) is 32.6 Å². The molecule has 0 aromatic heterocycles. The molecule has 0 spiro atoms. The molecule has 0 aliphatic heterocycles. The first kappa shape index (κ1) is 33.4. The number of amides is 2. The van der Waals surface area contributed by atoms with E-state index in [0.29, 0.717) is 17.7 Å². The van der Waals surface area contributed by atoms with E-state index in [1.54, 1.807) is 55.5 Å². The van der Waals surface area contributed by atoms with Crippen LogP contribution in [0.5, 0.6) is 0 Å². The summed E-state index contributed by atoms with van der Waals surface area (Å²) in [7, 11) is -4.22. The summed E-state index contributed by atoms with van der Waals surface area (Å²) in [6, 6.07) is 27.4. The molecule has 7 nitrogen and oxygen atoms in total. The number of anilines is 1. The number of sulfonamides is 1. The summed E-state index contributed by atoms with van der Waals surface area (Å²) in [6.07, 6.45) is 0.818. The van der Waals surface area contributed by atoms with Crippen molar-refractivity contribution in [1.82, 2.24) is 10.2 Å². The van der Waals surface area contributed by atoms with E-state index >= 15 is 4.39 Å². The number of carbonyl (C=O) groups excluding carboxylic acids is 2. The van der Waals surface area contributed by atoms with Gasteiger partial charge < -0.3 is 10.2 Å². The van der Waals surface area contributed by atoms with Crippen molar-refractivity contribution in [2.24, 2.45) is 0 Å². The number of aryl methyl sites for hydroxylation is 2. The summed E-state index contributed by atoms with van der Waals surface area (Å²) in [5.74, 6) is -1.57. The zero-order valence-electron chi connectivity index (χ0n) is 26.1. The Kier molecular flexibility index (Phi) is 11.1. The molecule has 0 heterocycles. The van der Waals surface area contributed by atoms with Crippen LogP contribution in [0.3, 0.4) is 0 Å². The average Bonchev–Trinajstić information content (AvgIpc) is 3.04. The fourth-order valence-corrected chi connectivity index (χ4v) is 6.52. The fraction of sp³-hybridized carbons (Fsp3) is 0.278. The Morgan fingerprint density at radius 3 is 2.13 bits per heavy atom. The van der Waals surface area contributed by atoms with Crippen LogP contribution in [0.4, 0.5) is 10.1 Å². The largest absolute Gasteiger partial charge is 0.352 e. The molecule has 4 rings (SSSR count). The molecule has 0 fully saturated rings. The minimum absolute atomic E-state index is 0.0229. The van der Waals surface area contributed by atoms with Crippen molar-refractivity contribution in [3.8, 4) is 0 Å². The van der Waals surface area contributed by atoms with Gasteiger partial charge in [0.2, 0.25) is 11.8 Å². The van der Waals surface area contributed by atoms with E-state index < -0.39 is 40.2 Å². The fourth-order valence-electron chi connectivity index (χ4n) is 5.03. The quantitative estimate of drug-likeness (QED) is 0.191. The molecule has 0 unspecified atom stereocenters. The number of rotatable bonds is 13. The topological polar surface area (TPSA) is 86.8 Å². The lowest BCUT2D eigenvalue weighted by molar-refractivity contribution is -0.140. The summed E-state index contributed by atoms with van der Waals surface area (Å²) >= 11 is 0. The number of benzene rings is 4. The highest BCUT2D eigenvalue weighted by Crippen LogP contribution is 2.29. The second-order valence-corrected chi connectivity index (χ2v) is 13.1. The first-order valence-electron chi connectivity index (χ1n) is 15.0. The molecule has 0 bridgehead atoms. The third-order valence-corrected chi connectivity index (χ3v) is 9.59. The van der Waals surface area contributed by atoms with Crippen LogP contribution in [0.1, 0.15) is 42.5 Å². The van der Waals surface area contributed by atoms with Crippen molar-refractivity contribution in [3.05, 3.63) is 131 Å². The van der Waals surface area contributed by atoms with Gasteiger partial charge in [0, 0.05) is 24.6 Å². The number of hydrogen-bond donors (Lipinski definition) is 1. The van der Waals surface area contributed by atoms with Crippen molar-refractivity contribution < 1.29 is 22.4 Å². The van der Waals surface area contributed by atoms with Gasteiger partial charge in [0.15, 0.2) is 0 Å². The first-order valence-corrected chi connectivity index (χ1v) is 16.5. The monoisotopic (exact) mass is 629 g/mol. The molecule has 4 aromatic rings. The maximum absolute atomic E-state index is 15.1. The number of halogens is 1. The van der Waals surface area contributed by atoms with Gasteiger partial charge in [-0.3, -0.25) is 13.9 Å². The molecule has 9 heteroatoms. The van der Waals surface area contributed by atoms with Crippen LogP contribution in [0.25, 0.3) is 0 Å². The smallest absolute Gasteiger partial charge is 0.264 e. The Balaban J connectivity index is 1.84. The summed E-state index contributed by atoms with van der Waals surface area (Å²) in [5, 5.41) is 2.98. The minimum Gasteiger partial charge on any atom is -0.352 e. The zero-order valence-corrected chi connectivity index (χ0v) is 26.9. The molecular weight excluding hydrogens is 589 g/mol. The van der Waals surface area contributed by atoms with Gasteiger partial charge in [0.25, 0.3) is 10.0 Å². The van der Waals surface area contributed by atoms with E-state index in [9.17, 15) is 18.0 Å². The highest BCUT2D eigenvalue weighted by molar-refractivity contribution is 7.92. The summed E-state index contributed by atoms with van der Waals surface area (Å²) in [4.78, 5) is 29.7. The predicted molar refractivity (Wildman–Crippen MR) is 176 cm³/mol. The van der Waals surface area contributed by atoms with Crippen LogP contribution in [0.2, 0.25) is 0 Å². The van der Waals surface area contributed by atoms with Crippen LogP contribution >= 0.6 is 0 Å². The SMILES string of the molecule is CC[C@H](C)NC(=O)[C@@H](Cc1ccccc1)N(Cc1ccccc1F)C(=O)CN(c1cc(C)ccc1C)S(=O)(=O)c1ccccc1. The highest BCUT2D eigenvalue weighted by Gasteiger charge is 2.35. The molecule has 2 atom stereocenters. The highest BCUT2D eigenvalue weighted by atomic mass is 32.2. The Hall–Kier alpha value is -4.50. The number of nitrogens with zero attached hydrogens (tertiary/aromatic N) is 2. The van der Waals surface area contributed by atoms with Crippen molar-refractivity contribution in [2.45, 2.75) is 64.1 Å². The Bertz CT molecular complexity index is 1720. The third-order valence-electron chi connectivity index (χ3n) is 7.81. The minimum atomic E-state index is -4.22. The number of nitrogens with one attached hydrogen (secondary N) is 1. The Morgan fingerprint density at radius 2 is 1.49 bits per heavy atom. The van der Waals surface area contributed by atoms with Crippen LogP contribution in [-0.4, -0.2) is 43.8 Å². The second kappa shape index (κ2) is 15.0. The van der Waals surface area contributed by atoms with Crippen molar-refractivity contribution in [1.29, 1.82) is 0 Å². The van der Waals surface area contributed by atoms with Gasteiger partial charge in [-0.1, -0.05) is 85.8 Å². The normalized spacial score (nSPS) is 12.6. The lowest BCUT2D eigenvalue weighted by Crippen LogP contribution is -2.54. The van der Waals surface area contributed by atoms with Gasteiger partial charge in [-0.25, -0.2) is 12.8 Å². The van der Waals surface area contributed by atoms with Gasteiger partial charge in [-0.05, 0) is 68.1 Å². The van der Waals surface area contributed by atoms with E-state index in [4.69, 9.17) is 0 Å². The number of hydrogen-bond acceptors (Lipinski definition) is 4. The molecule has 2 amide bonds. The predicted octanol–water partition coefficient (Wildman–Crippen LogP) is 6.19. The molecule has 45 heavy (non-hydrogen) atoms. The van der Waals surface area contributed by atoms with Gasteiger partial charge in [0.05, 0.1) is 10.6 Å². The Labute approximate surface area is 265 Å². The van der Waals surface area contributed by atoms with Crippen molar-refractivity contribution >= 4 is 27.5 Å². The van der Waals surface area contributed by atoms with E-state index in [-0.39, 0.29) is 29.5 Å². The van der Waals surface area contributed by atoms with Gasteiger partial charge in [-0.2, -0.15) is 0 Å². The van der Waals surface area contributed by atoms with E-state index in [1.165, 1.54) is 23.1 Å². The summed E-state index contributed by atoms with van der Waals surface area (Å²) in [6.45, 7) is 6.60.